The van der Waals surface area contributed by atoms with Crippen molar-refractivity contribution in [1.82, 2.24) is 25.1 Å². The molecule has 35 heavy (non-hydrogen) atoms. The monoisotopic (exact) mass is 500 g/mol. The first-order valence-electron chi connectivity index (χ1n) is 11.7. The van der Waals surface area contributed by atoms with Crippen LogP contribution in [0.1, 0.15) is 24.0 Å². The summed E-state index contributed by atoms with van der Waals surface area (Å²) in [6, 6.07) is 6.13. The Morgan fingerprint density at radius 3 is 3.06 bits per heavy atom. The highest BCUT2D eigenvalue weighted by Crippen LogP contribution is 2.41. The van der Waals surface area contributed by atoms with Gasteiger partial charge in [0.2, 0.25) is 17.7 Å². The van der Waals surface area contributed by atoms with Gasteiger partial charge in [0.15, 0.2) is 0 Å². The molecule has 1 aromatic heterocycles. The highest BCUT2D eigenvalue weighted by atomic mass is 32.2. The van der Waals surface area contributed by atoms with Crippen molar-refractivity contribution in [3.63, 3.8) is 0 Å². The molecular formula is C24H29FN6O3S. The lowest BCUT2D eigenvalue weighted by Crippen LogP contribution is -2.43. The molecule has 0 saturated carbocycles. The standard InChI is InChI=1S/C24H29FN6O3S/c1-15-8-16(20-12-30(2)24(35-20)31-6-3-5-26-21(32)13-31)10-17(9-15)28-23-27-11-19(25)22(29-23)34-18-4-7-33-14-18/h8-12,18,24H,3-7,13-14H2,1-2H3,(H,26,32)(H,27,28,29). The molecule has 2 atom stereocenters. The van der Waals surface area contributed by atoms with Gasteiger partial charge in [-0.05, 0) is 36.6 Å². The number of rotatable bonds is 6. The molecule has 2 unspecified atom stereocenters. The smallest absolute Gasteiger partial charge is 0.255 e. The third-order valence-electron chi connectivity index (χ3n) is 6.00. The molecule has 1 amide bonds. The molecule has 2 fully saturated rings. The van der Waals surface area contributed by atoms with Gasteiger partial charge in [0.05, 0.1) is 26.0 Å². The van der Waals surface area contributed by atoms with E-state index in [1.165, 1.54) is 0 Å². The first-order valence-corrected chi connectivity index (χ1v) is 12.6. The fraction of sp³-hybridized carbons (Fsp3) is 0.458. The number of nitrogens with one attached hydrogen (secondary N) is 2. The topological polar surface area (TPSA) is 91.9 Å². The van der Waals surface area contributed by atoms with Crippen molar-refractivity contribution in [3.05, 3.63) is 47.5 Å². The van der Waals surface area contributed by atoms with Gasteiger partial charge >= 0.3 is 0 Å². The Hall–Kier alpha value is -2.89. The van der Waals surface area contributed by atoms with Gasteiger partial charge in [0.25, 0.3) is 5.88 Å². The van der Waals surface area contributed by atoms with Crippen molar-refractivity contribution in [2.24, 2.45) is 0 Å². The van der Waals surface area contributed by atoms with Gasteiger partial charge in [-0.1, -0.05) is 17.8 Å². The van der Waals surface area contributed by atoms with Crippen LogP contribution in [-0.2, 0) is 9.53 Å². The maximum atomic E-state index is 14.2. The third-order valence-corrected chi connectivity index (χ3v) is 7.44. The van der Waals surface area contributed by atoms with Crippen LogP contribution in [0.2, 0.25) is 0 Å². The van der Waals surface area contributed by atoms with Crippen LogP contribution in [0.4, 0.5) is 16.0 Å². The number of amides is 1. The first-order chi connectivity index (χ1) is 16.9. The second kappa shape index (κ2) is 10.4. The van der Waals surface area contributed by atoms with E-state index >= 15 is 0 Å². The third kappa shape index (κ3) is 5.68. The first kappa shape index (κ1) is 23.8. The van der Waals surface area contributed by atoms with Crippen molar-refractivity contribution in [1.29, 1.82) is 0 Å². The molecule has 3 aliphatic heterocycles. The summed E-state index contributed by atoms with van der Waals surface area (Å²) in [5.74, 6) is -0.354. The number of nitrogens with zero attached hydrogens (tertiary/aromatic N) is 4. The second-order valence-corrected chi connectivity index (χ2v) is 10.0. The Morgan fingerprint density at radius 1 is 1.34 bits per heavy atom. The summed E-state index contributed by atoms with van der Waals surface area (Å²) in [6.45, 7) is 5.03. The molecule has 3 aliphatic rings. The average Bonchev–Trinajstić information content (AvgIpc) is 3.42. The van der Waals surface area contributed by atoms with Gasteiger partial charge in [-0.2, -0.15) is 9.37 Å². The van der Waals surface area contributed by atoms with Gasteiger partial charge in [-0.25, -0.2) is 4.98 Å². The molecule has 4 heterocycles. The average molecular weight is 501 g/mol. The molecule has 186 valence electrons. The minimum Gasteiger partial charge on any atom is -0.470 e. The number of ether oxygens (including phenoxy) is 2. The van der Waals surface area contributed by atoms with Crippen LogP contribution in [-0.4, -0.2) is 77.2 Å². The van der Waals surface area contributed by atoms with E-state index in [4.69, 9.17) is 9.47 Å². The number of carbonyl (C=O) groups excluding carboxylic acids is 1. The number of hydrogen-bond acceptors (Lipinski definition) is 9. The van der Waals surface area contributed by atoms with Crippen LogP contribution in [0.15, 0.2) is 30.6 Å². The van der Waals surface area contributed by atoms with Gasteiger partial charge in [-0.15, -0.1) is 0 Å². The Labute approximate surface area is 208 Å². The van der Waals surface area contributed by atoms with Gasteiger partial charge < -0.3 is 25.0 Å². The van der Waals surface area contributed by atoms with E-state index in [9.17, 15) is 9.18 Å². The number of carbonyl (C=O) groups is 1. The number of aryl methyl sites for hydroxylation is 1. The Morgan fingerprint density at radius 2 is 2.23 bits per heavy atom. The maximum Gasteiger partial charge on any atom is 0.255 e. The van der Waals surface area contributed by atoms with Crippen LogP contribution < -0.4 is 15.4 Å². The molecule has 0 bridgehead atoms. The number of benzene rings is 1. The van der Waals surface area contributed by atoms with Gasteiger partial charge in [0, 0.05) is 43.4 Å². The number of anilines is 2. The fourth-order valence-electron chi connectivity index (χ4n) is 4.35. The number of aromatic nitrogens is 2. The predicted molar refractivity (Wildman–Crippen MR) is 133 cm³/mol. The van der Waals surface area contributed by atoms with Crippen LogP contribution in [0, 0.1) is 12.7 Å². The van der Waals surface area contributed by atoms with E-state index in [-0.39, 0.29) is 29.3 Å². The zero-order chi connectivity index (χ0) is 24.4. The summed E-state index contributed by atoms with van der Waals surface area (Å²) in [6.07, 6.45) is 4.66. The molecule has 1 aromatic carbocycles. The molecule has 0 spiro atoms. The van der Waals surface area contributed by atoms with Crippen LogP contribution >= 0.6 is 11.8 Å². The van der Waals surface area contributed by atoms with E-state index in [1.807, 2.05) is 26.1 Å². The predicted octanol–water partition coefficient (Wildman–Crippen LogP) is 2.92. The van der Waals surface area contributed by atoms with Crippen molar-refractivity contribution < 1.29 is 18.7 Å². The van der Waals surface area contributed by atoms with Gasteiger partial charge in [-0.3, -0.25) is 9.69 Å². The molecule has 2 aromatic rings. The molecule has 9 nitrogen and oxygen atoms in total. The number of hydrogen-bond donors (Lipinski definition) is 2. The van der Waals surface area contributed by atoms with Gasteiger partial charge in [0.1, 0.15) is 11.6 Å². The molecule has 2 saturated heterocycles. The summed E-state index contributed by atoms with van der Waals surface area (Å²) >= 11 is 1.73. The van der Waals surface area contributed by atoms with Crippen LogP contribution in [0.5, 0.6) is 5.88 Å². The summed E-state index contributed by atoms with van der Waals surface area (Å²) in [7, 11) is 2.03. The molecule has 2 N–H and O–H groups in total. The summed E-state index contributed by atoms with van der Waals surface area (Å²) < 4.78 is 25.2. The van der Waals surface area contributed by atoms with Crippen molar-refractivity contribution >= 4 is 34.2 Å². The second-order valence-electron chi connectivity index (χ2n) is 8.94. The van der Waals surface area contributed by atoms with E-state index in [2.05, 4.69) is 42.7 Å². The maximum absolute atomic E-state index is 14.2. The molecule has 0 aliphatic carbocycles. The molecule has 0 radical (unpaired) electrons. The van der Waals surface area contributed by atoms with E-state index in [0.717, 1.165) is 47.4 Å². The lowest BCUT2D eigenvalue weighted by Gasteiger charge is -2.31. The highest BCUT2D eigenvalue weighted by molar-refractivity contribution is 8.09. The zero-order valence-electron chi connectivity index (χ0n) is 19.8. The van der Waals surface area contributed by atoms with Crippen molar-refractivity contribution in [2.75, 3.05) is 45.2 Å². The quantitative estimate of drug-likeness (QED) is 0.621. The Balaban J connectivity index is 1.31. The van der Waals surface area contributed by atoms with E-state index in [1.54, 1.807) is 11.8 Å². The Kier molecular flexibility index (Phi) is 7.07. The minimum absolute atomic E-state index is 0.0606. The molecule has 11 heteroatoms. The van der Waals surface area contributed by atoms with Crippen LogP contribution in [0.25, 0.3) is 4.91 Å². The van der Waals surface area contributed by atoms with E-state index < -0.39 is 5.82 Å². The highest BCUT2D eigenvalue weighted by Gasteiger charge is 2.31. The lowest BCUT2D eigenvalue weighted by atomic mass is 10.1. The number of thioether (sulfide) groups is 1. The normalized spacial score (nSPS) is 23.1. The summed E-state index contributed by atoms with van der Waals surface area (Å²) in [5, 5.41) is 6.12. The molecular weight excluding hydrogens is 471 g/mol. The van der Waals surface area contributed by atoms with E-state index in [0.29, 0.717) is 26.2 Å². The van der Waals surface area contributed by atoms with Crippen molar-refractivity contribution in [3.8, 4) is 5.88 Å². The van der Waals surface area contributed by atoms with Crippen molar-refractivity contribution in [2.45, 2.75) is 31.4 Å². The lowest BCUT2D eigenvalue weighted by molar-refractivity contribution is -0.121. The Bertz CT molecular complexity index is 1130. The summed E-state index contributed by atoms with van der Waals surface area (Å²) in [4.78, 5) is 25.8. The summed E-state index contributed by atoms with van der Waals surface area (Å²) in [5.41, 5.74) is 2.97. The molecule has 5 rings (SSSR count). The zero-order valence-corrected chi connectivity index (χ0v) is 20.6. The van der Waals surface area contributed by atoms with Crippen LogP contribution in [0.3, 0.4) is 0 Å². The fourth-order valence-corrected chi connectivity index (χ4v) is 5.62. The largest absolute Gasteiger partial charge is 0.470 e. The SMILES string of the molecule is Cc1cc(Nc2ncc(F)c(OC3CCOC3)n2)cc(C2=CN(C)C(N3CCCNC(=O)C3)S2)c1. The number of halogens is 1. The minimum atomic E-state index is -0.601.